The maximum Gasteiger partial charge on any atom is 0.222 e. The summed E-state index contributed by atoms with van der Waals surface area (Å²) in [5, 5.41) is 4.49. The first-order chi connectivity index (χ1) is 9.13. The minimum absolute atomic E-state index is 0.283. The highest BCUT2D eigenvalue weighted by Gasteiger charge is 2.20. The Hall–Kier alpha value is -0.840. The number of aryl methyl sites for hydroxylation is 2. The monoisotopic (exact) mass is 327 g/mol. The van der Waals surface area contributed by atoms with E-state index in [4.69, 9.17) is 0 Å². The number of halogens is 1. The summed E-state index contributed by atoms with van der Waals surface area (Å²) in [5.74, 6) is 0.283. The van der Waals surface area contributed by atoms with E-state index in [0.717, 1.165) is 41.7 Å². The van der Waals surface area contributed by atoms with E-state index in [1.54, 1.807) is 0 Å². The van der Waals surface area contributed by atoms with Gasteiger partial charge in [-0.15, -0.1) is 0 Å². The summed E-state index contributed by atoms with van der Waals surface area (Å²) in [6, 6.07) is 0. The van der Waals surface area contributed by atoms with E-state index in [0.29, 0.717) is 13.0 Å². The zero-order valence-corrected chi connectivity index (χ0v) is 13.4. The number of hydrogen-bond acceptors (Lipinski definition) is 2. The number of amides is 1. The molecule has 0 bridgehead atoms. The van der Waals surface area contributed by atoms with Gasteiger partial charge in [0.05, 0.1) is 22.4 Å². The summed E-state index contributed by atoms with van der Waals surface area (Å²) in [6.07, 6.45) is 6.16. The molecule has 1 aromatic rings. The summed E-state index contributed by atoms with van der Waals surface area (Å²) >= 11 is 3.62. The fraction of sp³-hybridized carbons (Fsp3) is 0.714. The minimum Gasteiger partial charge on any atom is -0.337 e. The first kappa shape index (κ1) is 14.6. The van der Waals surface area contributed by atoms with Crippen LogP contribution in [0.15, 0.2) is 4.47 Å². The van der Waals surface area contributed by atoms with Crippen molar-refractivity contribution in [3.63, 3.8) is 0 Å². The molecular weight excluding hydrogens is 306 g/mol. The van der Waals surface area contributed by atoms with Crippen LogP contribution in [0.1, 0.15) is 50.4 Å². The molecule has 1 aliphatic heterocycles. The first-order valence-electron chi connectivity index (χ1n) is 7.11. The summed E-state index contributed by atoms with van der Waals surface area (Å²) < 4.78 is 2.96. The van der Waals surface area contributed by atoms with Gasteiger partial charge in [0.2, 0.25) is 5.91 Å². The Morgan fingerprint density at radius 2 is 2.00 bits per heavy atom. The Morgan fingerprint density at radius 1 is 1.26 bits per heavy atom. The predicted octanol–water partition coefficient (Wildman–Crippen LogP) is 3.04. The van der Waals surface area contributed by atoms with Crippen LogP contribution in [0.3, 0.4) is 0 Å². The first-order valence-corrected chi connectivity index (χ1v) is 7.90. The van der Waals surface area contributed by atoms with Crippen LogP contribution in [-0.2, 0) is 24.8 Å². The van der Waals surface area contributed by atoms with Crippen molar-refractivity contribution in [1.82, 2.24) is 14.7 Å². The maximum atomic E-state index is 12.2. The van der Waals surface area contributed by atoms with Gasteiger partial charge in [0.15, 0.2) is 0 Å². The van der Waals surface area contributed by atoms with E-state index < -0.39 is 0 Å². The Kier molecular flexibility index (Phi) is 5.02. The third kappa shape index (κ3) is 3.38. The van der Waals surface area contributed by atoms with E-state index in [2.05, 4.69) is 28.0 Å². The van der Waals surface area contributed by atoms with Gasteiger partial charge in [0.1, 0.15) is 0 Å². The molecule has 0 aromatic carbocycles. The third-order valence-corrected chi connectivity index (χ3v) is 4.68. The van der Waals surface area contributed by atoms with Crippen molar-refractivity contribution in [2.75, 3.05) is 6.54 Å². The van der Waals surface area contributed by atoms with Crippen LogP contribution in [0.4, 0.5) is 0 Å². The van der Waals surface area contributed by atoms with Gasteiger partial charge in [-0.2, -0.15) is 5.10 Å². The molecule has 0 unspecified atom stereocenters. The van der Waals surface area contributed by atoms with Gasteiger partial charge in [-0.25, -0.2) is 0 Å². The van der Waals surface area contributed by atoms with Crippen molar-refractivity contribution in [3.05, 3.63) is 15.9 Å². The Bertz CT molecular complexity index is 456. The number of nitrogens with zero attached hydrogens (tertiary/aromatic N) is 3. The standard InChI is InChI=1S/C14H22BrN3O/c1-3-11-14(15)12(17(2)16-11)10-18-9-7-5-4-6-8-13(18)19/h3-10H2,1-2H3. The van der Waals surface area contributed by atoms with Gasteiger partial charge in [0, 0.05) is 20.0 Å². The molecule has 1 saturated heterocycles. The lowest BCUT2D eigenvalue weighted by Crippen LogP contribution is -2.33. The Morgan fingerprint density at radius 3 is 2.68 bits per heavy atom. The topological polar surface area (TPSA) is 38.1 Å². The van der Waals surface area contributed by atoms with Gasteiger partial charge < -0.3 is 4.90 Å². The summed E-state index contributed by atoms with van der Waals surface area (Å²) in [7, 11) is 1.95. The molecular formula is C14H22BrN3O. The molecule has 0 aliphatic carbocycles. The minimum atomic E-state index is 0.283. The molecule has 1 aromatic heterocycles. The van der Waals surface area contributed by atoms with Gasteiger partial charge in [-0.05, 0) is 35.2 Å². The van der Waals surface area contributed by atoms with Crippen molar-refractivity contribution in [1.29, 1.82) is 0 Å². The average molecular weight is 328 g/mol. The van der Waals surface area contributed by atoms with Crippen molar-refractivity contribution in [2.24, 2.45) is 7.05 Å². The fourth-order valence-electron chi connectivity index (χ4n) is 2.55. The second-order valence-corrected chi connectivity index (χ2v) is 5.96. The number of likely N-dealkylation sites (tertiary alicyclic amines) is 1. The highest BCUT2D eigenvalue weighted by molar-refractivity contribution is 9.10. The molecule has 0 atom stereocenters. The van der Waals surface area contributed by atoms with Gasteiger partial charge in [-0.3, -0.25) is 9.48 Å². The number of rotatable bonds is 3. The van der Waals surface area contributed by atoms with E-state index >= 15 is 0 Å². The molecule has 1 amide bonds. The van der Waals surface area contributed by atoms with Crippen molar-refractivity contribution >= 4 is 21.8 Å². The zero-order valence-electron chi connectivity index (χ0n) is 11.8. The quantitative estimate of drug-likeness (QED) is 0.855. The average Bonchev–Trinajstić information content (AvgIpc) is 2.65. The number of aromatic nitrogens is 2. The summed E-state index contributed by atoms with van der Waals surface area (Å²) in [5.41, 5.74) is 2.17. The summed E-state index contributed by atoms with van der Waals surface area (Å²) in [4.78, 5) is 14.1. The van der Waals surface area contributed by atoms with Crippen LogP contribution in [0.2, 0.25) is 0 Å². The van der Waals surface area contributed by atoms with Gasteiger partial charge >= 0.3 is 0 Å². The number of hydrogen-bond donors (Lipinski definition) is 0. The smallest absolute Gasteiger partial charge is 0.222 e. The van der Waals surface area contributed by atoms with Crippen LogP contribution in [0.25, 0.3) is 0 Å². The van der Waals surface area contributed by atoms with Crippen LogP contribution in [-0.4, -0.2) is 27.1 Å². The van der Waals surface area contributed by atoms with E-state index in [9.17, 15) is 4.79 Å². The Balaban J connectivity index is 2.14. The zero-order chi connectivity index (χ0) is 13.8. The largest absolute Gasteiger partial charge is 0.337 e. The van der Waals surface area contributed by atoms with E-state index in [1.165, 1.54) is 12.8 Å². The van der Waals surface area contributed by atoms with E-state index in [1.807, 2.05) is 16.6 Å². The summed E-state index contributed by atoms with van der Waals surface area (Å²) in [6.45, 7) is 3.64. The van der Waals surface area contributed by atoms with E-state index in [-0.39, 0.29) is 5.91 Å². The van der Waals surface area contributed by atoms with Gasteiger partial charge in [-0.1, -0.05) is 19.8 Å². The molecule has 1 aliphatic rings. The van der Waals surface area contributed by atoms with Crippen molar-refractivity contribution in [2.45, 2.75) is 52.0 Å². The molecule has 2 rings (SSSR count). The molecule has 19 heavy (non-hydrogen) atoms. The second-order valence-electron chi connectivity index (χ2n) is 5.16. The third-order valence-electron chi connectivity index (χ3n) is 3.76. The van der Waals surface area contributed by atoms with Crippen LogP contribution in [0, 0.1) is 0 Å². The number of carbonyl (C=O) groups is 1. The highest BCUT2D eigenvalue weighted by Crippen LogP contribution is 2.24. The molecule has 5 heteroatoms. The molecule has 0 N–H and O–H groups in total. The van der Waals surface area contributed by atoms with Crippen LogP contribution < -0.4 is 0 Å². The molecule has 2 heterocycles. The lowest BCUT2D eigenvalue weighted by atomic mass is 10.1. The van der Waals surface area contributed by atoms with Crippen molar-refractivity contribution < 1.29 is 4.79 Å². The molecule has 0 saturated carbocycles. The molecule has 0 radical (unpaired) electrons. The maximum absolute atomic E-state index is 12.2. The van der Waals surface area contributed by atoms with Crippen LogP contribution in [0.5, 0.6) is 0 Å². The molecule has 0 spiro atoms. The highest BCUT2D eigenvalue weighted by atomic mass is 79.9. The van der Waals surface area contributed by atoms with Gasteiger partial charge in [0.25, 0.3) is 0 Å². The fourth-order valence-corrected chi connectivity index (χ4v) is 3.30. The SMILES string of the molecule is CCc1nn(C)c(CN2CCCCCCC2=O)c1Br. The normalized spacial score (nSPS) is 17.4. The lowest BCUT2D eigenvalue weighted by Gasteiger charge is -2.25. The Labute approximate surface area is 123 Å². The van der Waals surface area contributed by atoms with Crippen molar-refractivity contribution in [3.8, 4) is 0 Å². The molecule has 1 fully saturated rings. The lowest BCUT2D eigenvalue weighted by molar-refractivity contribution is -0.132. The van der Waals surface area contributed by atoms with Crippen LogP contribution >= 0.6 is 15.9 Å². The predicted molar refractivity (Wildman–Crippen MR) is 78.8 cm³/mol. The number of carbonyl (C=O) groups excluding carboxylic acids is 1. The molecule has 106 valence electrons. The molecule has 4 nitrogen and oxygen atoms in total. The second kappa shape index (κ2) is 6.55.